The van der Waals surface area contributed by atoms with Crippen molar-refractivity contribution in [2.45, 2.75) is 32.0 Å². The molecular formula is C17H17BrClNO. The maximum Gasteiger partial charge on any atom is 0.134 e. The van der Waals surface area contributed by atoms with E-state index in [2.05, 4.69) is 45.5 Å². The number of benzene rings is 2. The largest absolute Gasteiger partial charge is 0.488 e. The first-order valence-electron chi connectivity index (χ1n) is 7.10. The van der Waals surface area contributed by atoms with Gasteiger partial charge in [-0.3, -0.25) is 0 Å². The summed E-state index contributed by atoms with van der Waals surface area (Å²) in [4.78, 5) is 0. The van der Waals surface area contributed by atoms with Crippen LogP contribution in [0.4, 0.5) is 0 Å². The molecule has 0 aromatic heterocycles. The molecule has 0 saturated heterocycles. The zero-order chi connectivity index (χ0) is 14.7. The standard InChI is InChI=1S/C17H17BrClNO/c18-16-9-14(19)5-8-17(16)21-11-13-3-1-12(2-4-13)10-20-15-6-7-15/h1-5,8-9,15,20H,6-7,10-11H2. The summed E-state index contributed by atoms with van der Waals surface area (Å²) in [6, 6.07) is 14.8. The van der Waals surface area contributed by atoms with Gasteiger partial charge in [-0.05, 0) is 58.1 Å². The summed E-state index contributed by atoms with van der Waals surface area (Å²) in [6.45, 7) is 1.51. The van der Waals surface area contributed by atoms with Gasteiger partial charge >= 0.3 is 0 Å². The molecule has 1 N–H and O–H groups in total. The second-order valence-electron chi connectivity index (χ2n) is 5.34. The second-order valence-corrected chi connectivity index (χ2v) is 6.63. The van der Waals surface area contributed by atoms with Crippen LogP contribution in [0.2, 0.25) is 5.02 Å². The minimum Gasteiger partial charge on any atom is -0.488 e. The van der Waals surface area contributed by atoms with E-state index < -0.39 is 0 Å². The first kappa shape index (κ1) is 14.9. The van der Waals surface area contributed by atoms with Crippen molar-refractivity contribution in [1.82, 2.24) is 5.32 Å². The predicted molar refractivity (Wildman–Crippen MR) is 89.8 cm³/mol. The Morgan fingerprint density at radius 3 is 2.48 bits per heavy atom. The number of nitrogens with one attached hydrogen (secondary N) is 1. The van der Waals surface area contributed by atoms with Crippen LogP contribution in [0, 0.1) is 0 Å². The molecule has 0 unspecified atom stereocenters. The van der Waals surface area contributed by atoms with E-state index in [9.17, 15) is 0 Å². The monoisotopic (exact) mass is 365 g/mol. The van der Waals surface area contributed by atoms with E-state index in [1.54, 1.807) is 0 Å². The zero-order valence-electron chi connectivity index (χ0n) is 11.6. The lowest BCUT2D eigenvalue weighted by Crippen LogP contribution is -2.15. The Labute approximate surface area is 138 Å². The Morgan fingerprint density at radius 2 is 1.81 bits per heavy atom. The van der Waals surface area contributed by atoms with Crippen LogP contribution in [0.5, 0.6) is 5.75 Å². The van der Waals surface area contributed by atoms with E-state index in [4.69, 9.17) is 16.3 Å². The quantitative estimate of drug-likeness (QED) is 0.782. The molecule has 0 bridgehead atoms. The third-order valence-corrected chi connectivity index (χ3v) is 4.34. The van der Waals surface area contributed by atoms with Crippen LogP contribution in [0.3, 0.4) is 0 Å². The fourth-order valence-corrected chi connectivity index (χ4v) is 2.85. The van der Waals surface area contributed by atoms with Crippen LogP contribution in [0.25, 0.3) is 0 Å². The first-order chi connectivity index (χ1) is 10.2. The molecule has 0 amide bonds. The summed E-state index contributed by atoms with van der Waals surface area (Å²) in [5, 5.41) is 4.21. The van der Waals surface area contributed by atoms with Crippen molar-refractivity contribution in [2.75, 3.05) is 0 Å². The summed E-state index contributed by atoms with van der Waals surface area (Å²) >= 11 is 9.37. The number of ether oxygens (including phenoxy) is 1. The normalized spacial score (nSPS) is 14.2. The molecule has 2 nitrogen and oxygen atoms in total. The van der Waals surface area contributed by atoms with Gasteiger partial charge < -0.3 is 10.1 Å². The van der Waals surface area contributed by atoms with Crippen molar-refractivity contribution < 1.29 is 4.74 Å². The van der Waals surface area contributed by atoms with Gasteiger partial charge in [-0.2, -0.15) is 0 Å². The topological polar surface area (TPSA) is 21.3 Å². The lowest BCUT2D eigenvalue weighted by molar-refractivity contribution is 0.304. The van der Waals surface area contributed by atoms with E-state index in [1.807, 2.05) is 18.2 Å². The third kappa shape index (κ3) is 4.47. The fourth-order valence-electron chi connectivity index (χ4n) is 2.06. The highest BCUT2D eigenvalue weighted by Gasteiger charge is 2.19. The Balaban J connectivity index is 1.54. The Bertz CT molecular complexity index is 611. The van der Waals surface area contributed by atoms with Crippen LogP contribution in [-0.4, -0.2) is 6.04 Å². The van der Waals surface area contributed by atoms with Crippen LogP contribution in [0.1, 0.15) is 24.0 Å². The molecule has 1 aliphatic carbocycles. The Kier molecular flexibility index (Phi) is 4.84. The molecule has 4 heteroatoms. The van der Waals surface area contributed by atoms with Crippen molar-refractivity contribution in [3.63, 3.8) is 0 Å². The summed E-state index contributed by atoms with van der Waals surface area (Å²) in [6.07, 6.45) is 2.64. The molecule has 2 aromatic carbocycles. The van der Waals surface area contributed by atoms with Gasteiger partial charge in [0, 0.05) is 17.6 Å². The number of hydrogen-bond donors (Lipinski definition) is 1. The minimum absolute atomic E-state index is 0.552. The molecule has 21 heavy (non-hydrogen) atoms. The molecule has 3 rings (SSSR count). The predicted octanol–water partition coefficient (Wildman–Crippen LogP) is 4.93. The van der Waals surface area contributed by atoms with Crippen molar-refractivity contribution >= 4 is 27.5 Å². The molecule has 2 aromatic rings. The van der Waals surface area contributed by atoms with Gasteiger partial charge in [0.2, 0.25) is 0 Å². The smallest absolute Gasteiger partial charge is 0.134 e. The maximum atomic E-state index is 5.92. The molecule has 1 aliphatic rings. The van der Waals surface area contributed by atoms with Gasteiger partial charge in [-0.1, -0.05) is 35.9 Å². The van der Waals surface area contributed by atoms with E-state index >= 15 is 0 Å². The first-order valence-corrected chi connectivity index (χ1v) is 8.27. The van der Waals surface area contributed by atoms with E-state index in [-0.39, 0.29) is 0 Å². The van der Waals surface area contributed by atoms with Gasteiger partial charge in [0.05, 0.1) is 4.47 Å². The van der Waals surface area contributed by atoms with Crippen LogP contribution >= 0.6 is 27.5 Å². The highest BCUT2D eigenvalue weighted by molar-refractivity contribution is 9.10. The molecular weight excluding hydrogens is 350 g/mol. The van der Waals surface area contributed by atoms with E-state index in [0.717, 1.165) is 28.4 Å². The van der Waals surface area contributed by atoms with Gasteiger partial charge in [0.25, 0.3) is 0 Å². The lowest BCUT2D eigenvalue weighted by Gasteiger charge is -2.09. The van der Waals surface area contributed by atoms with Crippen LogP contribution in [0.15, 0.2) is 46.9 Å². The second kappa shape index (κ2) is 6.82. The van der Waals surface area contributed by atoms with E-state index in [1.165, 1.54) is 18.4 Å². The van der Waals surface area contributed by atoms with E-state index in [0.29, 0.717) is 11.6 Å². The molecule has 0 heterocycles. The summed E-state index contributed by atoms with van der Waals surface area (Å²) in [5.74, 6) is 0.805. The molecule has 0 spiro atoms. The lowest BCUT2D eigenvalue weighted by atomic mass is 10.1. The van der Waals surface area contributed by atoms with Gasteiger partial charge in [0.1, 0.15) is 12.4 Å². The van der Waals surface area contributed by atoms with Crippen molar-refractivity contribution in [2.24, 2.45) is 0 Å². The molecule has 0 aliphatic heterocycles. The van der Waals surface area contributed by atoms with Gasteiger partial charge in [0.15, 0.2) is 0 Å². The van der Waals surface area contributed by atoms with Crippen molar-refractivity contribution in [1.29, 1.82) is 0 Å². The average Bonchev–Trinajstić information content (AvgIpc) is 3.30. The third-order valence-electron chi connectivity index (χ3n) is 3.48. The van der Waals surface area contributed by atoms with Crippen molar-refractivity contribution in [3.8, 4) is 5.75 Å². The van der Waals surface area contributed by atoms with Crippen LogP contribution in [-0.2, 0) is 13.2 Å². The minimum atomic E-state index is 0.552. The molecule has 0 atom stereocenters. The maximum absolute atomic E-state index is 5.92. The van der Waals surface area contributed by atoms with Crippen molar-refractivity contribution in [3.05, 3.63) is 63.1 Å². The molecule has 1 fully saturated rings. The van der Waals surface area contributed by atoms with Gasteiger partial charge in [-0.25, -0.2) is 0 Å². The summed E-state index contributed by atoms with van der Waals surface area (Å²) in [7, 11) is 0. The molecule has 1 saturated carbocycles. The highest BCUT2D eigenvalue weighted by atomic mass is 79.9. The SMILES string of the molecule is Clc1ccc(OCc2ccc(CNC3CC3)cc2)c(Br)c1. The molecule has 110 valence electrons. The van der Waals surface area contributed by atoms with Crippen LogP contribution < -0.4 is 10.1 Å². The highest BCUT2D eigenvalue weighted by Crippen LogP contribution is 2.28. The zero-order valence-corrected chi connectivity index (χ0v) is 14.0. The average molecular weight is 367 g/mol. The molecule has 0 radical (unpaired) electrons. The number of hydrogen-bond acceptors (Lipinski definition) is 2. The Morgan fingerprint density at radius 1 is 1.10 bits per heavy atom. The Hall–Kier alpha value is -1.03. The van der Waals surface area contributed by atoms with Gasteiger partial charge in [-0.15, -0.1) is 0 Å². The summed E-state index contributed by atoms with van der Waals surface area (Å²) < 4.78 is 6.68. The number of halogens is 2. The summed E-state index contributed by atoms with van der Waals surface area (Å²) in [5.41, 5.74) is 2.48. The number of rotatable bonds is 6. The fraction of sp³-hybridized carbons (Fsp3) is 0.294.